The monoisotopic (exact) mass is 352 g/mol. The molecule has 0 heterocycles. The molecule has 0 aliphatic rings. The van der Waals surface area contributed by atoms with E-state index in [0.717, 1.165) is 6.07 Å². The molecule has 1 unspecified atom stereocenters. The maximum absolute atomic E-state index is 13.4. The largest absolute Gasteiger partial charge is 0.479 e. The molecule has 3 N–H and O–H groups in total. The van der Waals surface area contributed by atoms with Gasteiger partial charge in [-0.3, -0.25) is 0 Å². The molecule has 0 saturated heterocycles. The number of hydrogen-bond acceptors (Lipinski definition) is 3. The molecule has 0 aliphatic heterocycles. The van der Waals surface area contributed by atoms with Crippen LogP contribution in [0.25, 0.3) is 0 Å². The Balaban J connectivity index is 2.66. The summed E-state index contributed by atoms with van der Waals surface area (Å²) in [6, 6.07) is 0.739. The normalized spacial score (nSPS) is 11.8. The van der Waals surface area contributed by atoms with Crippen molar-refractivity contribution in [1.82, 2.24) is 5.32 Å². The molecule has 6 nitrogen and oxygen atoms in total. The van der Waals surface area contributed by atoms with Crippen LogP contribution in [0.1, 0.15) is 0 Å². The fourth-order valence-electron chi connectivity index (χ4n) is 1.28. The van der Waals surface area contributed by atoms with Gasteiger partial charge in [0.15, 0.2) is 11.9 Å². The Kier molecular flexibility index (Phi) is 5.83. The first kappa shape index (κ1) is 16.3. The standard InChI is InChI=1S/C11H11BrF2N2O4/c1-20-8(10(17)18)4-15-11(19)16-9-6(12)2-5(13)3-7(9)14/h2-3,8H,4H2,1H3,(H,17,18)(H2,15,16,19). The molecule has 0 radical (unpaired) electrons. The highest BCUT2D eigenvalue weighted by atomic mass is 79.9. The summed E-state index contributed by atoms with van der Waals surface area (Å²) >= 11 is 2.90. The Hall–Kier alpha value is -1.74. The number of nitrogens with one attached hydrogen (secondary N) is 2. The number of hydrogen-bond donors (Lipinski definition) is 3. The summed E-state index contributed by atoms with van der Waals surface area (Å²) in [6.07, 6.45) is -1.22. The summed E-state index contributed by atoms with van der Waals surface area (Å²) in [6.45, 7) is -0.307. The van der Waals surface area contributed by atoms with Crippen molar-refractivity contribution in [3.63, 3.8) is 0 Å². The van der Waals surface area contributed by atoms with Crippen LogP contribution >= 0.6 is 15.9 Å². The van der Waals surface area contributed by atoms with E-state index < -0.39 is 29.7 Å². The third-order valence-electron chi connectivity index (χ3n) is 2.25. The average molecular weight is 353 g/mol. The van der Waals surface area contributed by atoms with Gasteiger partial charge in [-0.1, -0.05) is 0 Å². The third-order valence-corrected chi connectivity index (χ3v) is 2.88. The van der Waals surface area contributed by atoms with Gasteiger partial charge in [-0.05, 0) is 22.0 Å². The molecule has 9 heteroatoms. The van der Waals surface area contributed by atoms with Gasteiger partial charge < -0.3 is 20.5 Å². The van der Waals surface area contributed by atoms with Crippen LogP contribution in [0, 0.1) is 11.6 Å². The number of benzene rings is 1. The maximum Gasteiger partial charge on any atom is 0.334 e. The van der Waals surface area contributed by atoms with Gasteiger partial charge in [-0.15, -0.1) is 0 Å². The smallest absolute Gasteiger partial charge is 0.334 e. The summed E-state index contributed by atoms with van der Waals surface area (Å²) in [5, 5.41) is 13.0. The summed E-state index contributed by atoms with van der Waals surface area (Å²) in [5.41, 5.74) is -0.256. The Morgan fingerprint density at radius 2 is 2.10 bits per heavy atom. The van der Waals surface area contributed by atoms with Gasteiger partial charge in [0.2, 0.25) is 0 Å². The number of ether oxygens (including phenoxy) is 1. The van der Waals surface area contributed by atoms with Crippen molar-refractivity contribution in [2.24, 2.45) is 0 Å². The Morgan fingerprint density at radius 3 is 2.60 bits per heavy atom. The first-order valence-corrected chi connectivity index (χ1v) is 6.09. The number of carboxylic acids is 1. The zero-order valence-corrected chi connectivity index (χ0v) is 11.8. The lowest BCUT2D eigenvalue weighted by atomic mass is 10.3. The van der Waals surface area contributed by atoms with Gasteiger partial charge in [-0.25, -0.2) is 18.4 Å². The number of rotatable bonds is 5. The van der Waals surface area contributed by atoms with Crippen molar-refractivity contribution in [2.45, 2.75) is 6.10 Å². The average Bonchev–Trinajstić information content (AvgIpc) is 2.34. The van der Waals surface area contributed by atoms with Gasteiger partial charge in [-0.2, -0.15) is 0 Å². The molecular formula is C11H11BrF2N2O4. The van der Waals surface area contributed by atoms with Gasteiger partial charge in [0.05, 0.1) is 12.2 Å². The fraction of sp³-hybridized carbons (Fsp3) is 0.273. The van der Waals surface area contributed by atoms with Gasteiger partial charge in [0, 0.05) is 17.6 Å². The maximum atomic E-state index is 13.4. The number of carboxylic acid groups (broad SMARTS) is 1. The van der Waals surface area contributed by atoms with Crippen LogP contribution in [-0.4, -0.2) is 36.9 Å². The van der Waals surface area contributed by atoms with Crippen LogP contribution in [-0.2, 0) is 9.53 Å². The minimum Gasteiger partial charge on any atom is -0.479 e. The number of urea groups is 1. The van der Waals surface area contributed by atoms with Crippen LogP contribution in [0.4, 0.5) is 19.3 Å². The van der Waals surface area contributed by atoms with Gasteiger partial charge in [0.25, 0.3) is 0 Å². The Morgan fingerprint density at radius 1 is 1.45 bits per heavy atom. The number of halogens is 3. The van der Waals surface area contributed by atoms with E-state index >= 15 is 0 Å². The van der Waals surface area contributed by atoms with Crippen molar-refractivity contribution in [3.05, 3.63) is 28.2 Å². The van der Waals surface area contributed by atoms with E-state index in [1.807, 2.05) is 0 Å². The fourth-order valence-corrected chi connectivity index (χ4v) is 1.78. The highest BCUT2D eigenvalue weighted by Gasteiger charge is 2.18. The van der Waals surface area contributed by atoms with E-state index in [1.54, 1.807) is 0 Å². The lowest BCUT2D eigenvalue weighted by Gasteiger charge is -2.13. The second-order valence-electron chi connectivity index (χ2n) is 3.64. The molecule has 0 aliphatic carbocycles. The zero-order chi connectivity index (χ0) is 15.3. The summed E-state index contributed by atoms with van der Waals surface area (Å²) in [4.78, 5) is 22.1. The first-order chi connectivity index (χ1) is 9.35. The molecule has 1 atom stereocenters. The molecule has 0 saturated carbocycles. The summed E-state index contributed by atoms with van der Waals surface area (Å²) in [7, 11) is 1.18. The van der Waals surface area contributed by atoms with Crippen LogP contribution in [0.2, 0.25) is 0 Å². The number of carbonyl (C=O) groups is 2. The van der Waals surface area contributed by atoms with Crippen LogP contribution in [0.15, 0.2) is 16.6 Å². The number of aliphatic carboxylic acids is 1. The summed E-state index contributed by atoms with van der Waals surface area (Å²) in [5.74, 6) is -3.01. The SMILES string of the molecule is COC(CNC(=O)Nc1c(F)cc(F)cc1Br)C(=O)O. The molecule has 20 heavy (non-hydrogen) atoms. The number of anilines is 1. The van der Waals surface area contributed by atoms with Crippen molar-refractivity contribution in [3.8, 4) is 0 Å². The molecule has 110 valence electrons. The molecule has 0 bridgehead atoms. The van der Waals surface area contributed by atoms with Crippen LogP contribution < -0.4 is 10.6 Å². The van der Waals surface area contributed by atoms with Crippen molar-refractivity contribution in [2.75, 3.05) is 19.0 Å². The van der Waals surface area contributed by atoms with E-state index in [-0.39, 0.29) is 16.7 Å². The van der Waals surface area contributed by atoms with E-state index in [2.05, 4.69) is 31.3 Å². The molecule has 0 fully saturated rings. The van der Waals surface area contributed by atoms with Crippen molar-refractivity contribution >= 4 is 33.6 Å². The number of carbonyl (C=O) groups excluding carboxylic acids is 1. The Bertz CT molecular complexity index is 504. The van der Waals surface area contributed by atoms with Crippen molar-refractivity contribution < 1.29 is 28.2 Å². The lowest BCUT2D eigenvalue weighted by Crippen LogP contribution is -2.39. The number of methoxy groups -OCH3 is 1. The molecule has 2 amide bonds. The quantitative estimate of drug-likeness (QED) is 0.755. The van der Waals surface area contributed by atoms with Crippen LogP contribution in [0.5, 0.6) is 0 Å². The minimum atomic E-state index is -1.25. The first-order valence-electron chi connectivity index (χ1n) is 5.30. The zero-order valence-electron chi connectivity index (χ0n) is 10.2. The van der Waals surface area contributed by atoms with Crippen molar-refractivity contribution in [1.29, 1.82) is 0 Å². The van der Waals surface area contributed by atoms with Gasteiger partial charge >= 0.3 is 12.0 Å². The minimum absolute atomic E-state index is 0.0201. The topological polar surface area (TPSA) is 87.7 Å². The highest BCUT2D eigenvalue weighted by Crippen LogP contribution is 2.26. The molecule has 1 aromatic rings. The molecule has 0 aromatic heterocycles. The van der Waals surface area contributed by atoms with Gasteiger partial charge in [0.1, 0.15) is 5.82 Å². The highest BCUT2D eigenvalue weighted by molar-refractivity contribution is 9.10. The van der Waals surface area contributed by atoms with E-state index in [4.69, 9.17) is 5.11 Å². The van der Waals surface area contributed by atoms with E-state index in [9.17, 15) is 18.4 Å². The van der Waals surface area contributed by atoms with E-state index in [1.165, 1.54) is 7.11 Å². The molecule has 1 aromatic carbocycles. The molecule has 0 spiro atoms. The Labute approximate surface area is 121 Å². The number of amides is 2. The molecule has 1 rings (SSSR count). The second-order valence-corrected chi connectivity index (χ2v) is 4.50. The predicted molar refractivity (Wildman–Crippen MR) is 69.5 cm³/mol. The predicted octanol–water partition coefficient (Wildman–Crippen LogP) is 1.95. The summed E-state index contributed by atoms with van der Waals surface area (Å²) < 4.78 is 30.9. The van der Waals surface area contributed by atoms with E-state index in [0.29, 0.717) is 6.07 Å². The third kappa shape index (κ3) is 4.42. The lowest BCUT2D eigenvalue weighted by molar-refractivity contribution is -0.147. The molecular weight excluding hydrogens is 342 g/mol. The van der Waals surface area contributed by atoms with Crippen LogP contribution in [0.3, 0.4) is 0 Å². The second kappa shape index (κ2) is 7.15.